The zero-order chi connectivity index (χ0) is 15.2. The number of benzene rings is 1. The predicted octanol–water partition coefficient (Wildman–Crippen LogP) is 3.66. The SMILES string of the molecule is CCOC(=O)c1ccc(NCc2ccc(F)c(Cl)c2)nc1. The smallest absolute Gasteiger partial charge is 0.339 e. The molecule has 0 amide bonds. The Labute approximate surface area is 126 Å². The van der Waals surface area contributed by atoms with Gasteiger partial charge in [-0.25, -0.2) is 14.2 Å². The highest BCUT2D eigenvalue weighted by molar-refractivity contribution is 6.30. The number of halogens is 2. The Morgan fingerprint density at radius 3 is 2.81 bits per heavy atom. The highest BCUT2D eigenvalue weighted by Gasteiger charge is 2.06. The van der Waals surface area contributed by atoms with Gasteiger partial charge in [-0.3, -0.25) is 0 Å². The second-order valence-corrected chi connectivity index (χ2v) is 4.66. The molecule has 0 aliphatic heterocycles. The van der Waals surface area contributed by atoms with Crippen molar-refractivity contribution in [3.05, 3.63) is 58.5 Å². The molecule has 0 atom stereocenters. The molecule has 1 aromatic carbocycles. The first-order chi connectivity index (χ1) is 10.1. The van der Waals surface area contributed by atoms with E-state index in [1.165, 1.54) is 12.3 Å². The molecule has 0 spiro atoms. The zero-order valence-corrected chi connectivity index (χ0v) is 12.2. The van der Waals surface area contributed by atoms with Crippen LogP contribution in [0.4, 0.5) is 10.2 Å². The minimum atomic E-state index is -0.447. The van der Waals surface area contributed by atoms with Gasteiger partial charge in [-0.2, -0.15) is 0 Å². The van der Waals surface area contributed by atoms with Crippen LogP contribution in [-0.2, 0) is 11.3 Å². The fraction of sp³-hybridized carbons (Fsp3) is 0.200. The van der Waals surface area contributed by atoms with E-state index >= 15 is 0 Å². The minimum absolute atomic E-state index is 0.0833. The second kappa shape index (κ2) is 7.04. The molecule has 4 nitrogen and oxygen atoms in total. The monoisotopic (exact) mass is 308 g/mol. The number of rotatable bonds is 5. The molecule has 0 saturated carbocycles. The van der Waals surface area contributed by atoms with Crippen LogP contribution in [0.1, 0.15) is 22.8 Å². The topological polar surface area (TPSA) is 51.2 Å². The second-order valence-electron chi connectivity index (χ2n) is 4.25. The van der Waals surface area contributed by atoms with E-state index in [9.17, 15) is 9.18 Å². The number of anilines is 1. The molecule has 0 radical (unpaired) electrons. The average molecular weight is 309 g/mol. The molecule has 110 valence electrons. The number of nitrogens with zero attached hydrogens (tertiary/aromatic N) is 1. The molecule has 0 bridgehead atoms. The molecule has 1 heterocycles. The van der Waals surface area contributed by atoms with Gasteiger partial charge in [-0.05, 0) is 36.8 Å². The Hall–Kier alpha value is -2.14. The third-order valence-electron chi connectivity index (χ3n) is 2.73. The Morgan fingerprint density at radius 1 is 1.38 bits per heavy atom. The van der Waals surface area contributed by atoms with E-state index in [0.29, 0.717) is 24.5 Å². The summed E-state index contributed by atoms with van der Waals surface area (Å²) in [4.78, 5) is 15.6. The maximum absolute atomic E-state index is 13.0. The first-order valence-corrected chi connectivity index (χ1v) is 6.79. The summed E-state index contributed by atoms with van der Waals surface area (Å²) in [6.45, 7) is 2.52. The van der Waals surface area contributed by atoms with E-state index in [4.69, 9.17) is 16.3 Å². The van der Waals surface area contributed by atoms with Crippen LogP contribution < -0.4 is 5.32 Å². The van der Waals surface area contributed by atoms with Crippen molar-refractivity contribution in [3.63, 3.8) is 0 Å². The molecule has 2 rings (SSSR count). The minimum Gasteiger partial charge on any atom is -0.462 e. The lowest BCUT2D eigenvalue weighted by Crippen LogP contribution is -2.06. The standard InChI is InChI=1S/C15H14ClFN2O2/c1-2-21-15(20)11-4-6-14(19-9-11)18-8-10-3-5-13(17)12(16)7-10/h3-7,9H,2,8H2,1H3,(H,18,19). The third kappa shape index (κ3) is 4.16. The van der Waals surface area contributed by atoms with Crippen LogP contribution in [0.15, 0.2) is 36.5 Å². The van der Waals surface area contributed by atoms with E-state index in [1.54, 1.807) is 31.2 Å². The first-order valence-electron chi connectivity index (χ1n) is 6.41. The van der Waals surface area contributed by atoms with Gasteiger partial charge in [0.25, 0.3) is 0 Å². The number of ether oxygens (including phenoxy) is 1. The normalized spacial score (nSPS) is 10.2. The van der Waals surface area contributed by atoms with Gasteiger partial charge in [0.05, 0.1) is 17.2 Å². The summed E-state index contributed by atoms with van der Waals surface area (Å²) >= 11 is 5.71. The summed E-state index contributed by atoms with van der Waals surface area (Å²) in [5, 5.41) is 3.14. The van der Waals surface area contributed by atoms with Crippen molar-refractivity contribution < 1.29 is 13.9 Å². The number of carbonyl (C=O) groups is 1. The van der Waals surface area contributed by atoms with Gasteiger partial charge < -0.3 is 10.1 Å². The molecule has 1 N–H and O–H groups in total. The Bertz CT molecular complexity index is 632. The van der Waals surface area contributed by atoms with E-state index < -0.39 is 11.8 Å². The number of carbonyl (C=O) groups excluding carboxylic acids is 1. The fourth-order valence-electron chi connectivity index (χ4n) is 1.68. The number of aromatic nitrogens is 1. The maximum atomic E-state index is 13.0. The quantitative estimate of drug-likeness (QED) is 0.856. The summed E-state index contributed by atoms with van der Waals surface area (Å²) in [6, 6.07) is 7.82. The lowest BCUT2D eigenvalue weighted by atomic mass is 10.2. The van der Waals surface area contributed by atoms with Crippen LogP contribution in [-0.4, -0.2) is 17.6 Å². The first kappa shape index (κ1) is 15.3. The molecule has 21 heavy (non-hydrogen) atoms. The van der Waals surface area contributed by atoms with Gasteiger partial charge in [0.15, 0.2) is 0 Å². The van der Waals surface area contributed by atoms with Crippen molar-refractivity contribution in [2.24, 2.45) is 0 Å². The van der Waals surface area contributed by atoms with Crippen molar-refractivity contribution in [2.75, 3.05) is 11.9 Å². The predicted molar refractivity (Wildman–Crippen MR) is 78.9 cm³/mol. The highest BCUT2D eigenvalue weighted by atomic mass is 35.5. The van der Waals surface area contributed by atoms with E-state index in [-0.39, 0.29) is 5.02 Å². The summed E-state index contributed by atoms with van der Waals surface area (Å²) in [7, 11) is 0. The number of nitrogens with one attached hydrogen (secondary N) is 1. The Kier molecular flexibility index (Phi) is 5.11. The van der Waals surface area contributed by atoms with Crippen molar-refractivity contribution in [2.45, 2.75) is 13.5 Å². The third-order valence-corrected chi connectivity index (χ3v) is 3.02. The summed E-state index contributed by atoms with van der Waals surface area (Å²) in [5.74, 6) is -0.248. The fourth-order valence-corrected chi connectivity index (χ4v) is 1.88. The van der Waals surface area contributed by atoms with Gasteiger partial charge in [0.2, 0.25) is 0 Å². The van der Waals surface area contributed by atoms with Crippen LogP contribution in [0.2, 0.25) is 5.02 Å². The van der Waals surface area contributed by atoms with Crippen LogP contribution in [0.5, 0.6) is 0 Å². The van der Waals surface area contributed by atoms with E-state index in [2.05, 4.69) is 10.3 Å². The molecule has 2 aromatic rings. The van der Waals surface area contributed by atoms with Crippen LogP contribution in [0.3, 0.4) is 0 Å². The highest BCUT2D eigenvalue weighted by Crippen LogP contribution is 2.17. The van der Waals surface area contributed by atoms with E-state index in [0.717, 1.165) is 5.56 Å². The zero-order valence-electron chi connectivity index (χ0n) is 11.4. The Balaban J connectivity index is 1.97. The van der Waals surface area contributed by atoms with Crippen molar-refractivity contribution in [1.82, 2.24) is 4.98 Å². The van der Waals surface area contributed by atoms with Gasteiger partial charge in [0, 0.05) is 12.7 Å². The molecular formula is C15H14ClFN2O2. The average Bonchev–Trinajstić information content (AvgIpc) is 2.49. The summed E-state index contributed by atoms with van der Waals surface area (Å²) in [5.41, 5.74) is 1.23. The van der Waals surface area contributed by atoms with Crippen molar-refractivity contribution in [3.8, 4) is 0 Å². The molecule has 0 aliphatic carbocycles. The lowest BCUT2D eigenvalue weighted by Gasteiger charge is -2.07. The van der Waals surface area contributed by atoms with Gasteiger partial charge in [-0.1, -0.05) is 17.7 Å². The van der Waals surface area contributed by atoms with Gasteiger partial charge in [-0.15, -0.1) is 0 Å². The number of esters is 1. The summed E-state index contributed by atoms with van der Waals surface area (Å²) < 4.78 is 17.9. The summed E-state index contributed by atoms with van der Waals surface area (Å²) in [6.07, 6.45) is 1.44. The molecule has 0 fully saturated rings. The van der Waals surface area contributed by atoms with Crippen LogP contribution in [0, 0.1) is 5.82 Å². The lowest BCUT2D eigenvalue weighted by molar-refractivity contribution is 0.0526. The molecular weight excluding hydrogens is 295 g/mol. The number of pyridine rings is 1. The van der Waals surface area contributed by atoms with Crippen molar-refractivity contribution >= 4 is 23.4 Å². The Morgan fingerprint density at radius 2 is 2.19 bits per heavy atom. The molecule has 1 aromatic heterocycles. The van der Waals surface area contributed by atoms with Gasteiger partial charge in [0.1, 0.15) is 11.6 Å². The van der Waals surface area contributed by atoms with Crippen molar-refractivity contribution in [1.29, 1.82) is 0 Å². The van der Waals surface area contributed by atoms with E-state index in [1.807, 2.05) is 0 Å². The van der Waals surface area contributed by atoms with Crippen LogP contribution in [0.25, 0.3) is 0 Å². The maximum Gasteiger partial charge on any atom is 0.339 e. The largest absolute Gasteiger partial charge is 0.462 e. The molecule has 0 saturated heterocycles. The van der Waals surface area contributed by atoms with Gasteiger partial charge >= 0.3 is 5.97 Å². The molecule has 0 unspecified atom stereocenters. The molecule has 6 heteroatoms. The number of hydrogen-bond donors (Lipinski definition) is 1. The number of hydrogen-bond acceptors (Lipinski definition) is 4. The van der Waals surface area contributed by atoms with Crippen LogP contribution >= 0.6 is 11.6 Å². The molecule has 0 aliphatic rings.